The van der Waals surface area contributed by atoms with Crippen LogP contribution in [0.25, 0.3) is 22.1 Å². The number of thioether (sulfide) groups is 1. The van der Waals surface area contributed by atoms with Crippen molar-refractivity contribution < 1.29 is 13.9 Å². The number of nitrogens with one attached hydrogen (secondary N) is 1. The smallest absolute Gasteiger partial charge is 0.297 e. The first kappa shape index (κ1) is 22.1. The van der Waals surface area contributed by atoms with E-state index in [1.807, 2.05) is 68.4 Å². The van der Waals surface area contributed by atoms with E-state index in [9.17, 15) is 9.59 Å². The van der Waals surface area contributed by atoms with Gasteiger partial charge in [0.05, 0.1) is 11.9 Å². The Balaban J connectivity index is 1.61. The Morgan fingerprint density at radius 2 is 1.91 bits per heavy atom. The van der Waals surface area contributed by atoms with E-state index in [0.29, 0.717) is 35.8 Å². The number of amides is 1. The van der Waals surface area contributed by atoms with Crippen molar-refractivity contribution in [3.63, 3.8) is 0 Å². The highest BCUT2D eigenvalue weighted by molar-refractivity contribution is 7.99. The predicted octanol–water partition coefficient (Wildman–Crippen LogP) is 4.69. The molecule has 166 valence electrons. The van der Waals surface area contributed by atoms with Crippen LogP contribution in [0.1, 0.15) is 20.3 Å². The van der Waals surface area contributed by atoms with Crippen molar-refractivity contribution in [3.8, 4) is 0 Å². The summed E-state index contributed by atoms with van der Waals surface area (Å²) in [5, 5.41) is 4.13. The number of aromatic nitrogens is 2. The van der Waals surface area contributed by atoms with Crippen molar-refractivity contribution in [1.82, 2.24) is 9.55 Å². The molecule has 1 amide bonds. The zero-order valence-electron chi connectivity index (χ0n) is 18.0. The minimum absolute atomic E-state index is 0.123. The first-order valence-electron chi connectivity index (χ1n) is 10.5. The first-order chi connectivity index (χ1) is 15.5. The number of rotatable bonds is 9. The Labute approximate surface area is 189 Å². The molecule has 0 aliphatic carbocycles. The molecule has 0 atom stereocenters. The number of carbonyl (C=O) groups is 1. The number of nitrogens with zero attached hydrogens (tertiary/aromatic N) is 2. The van der Waals surface area contributed by atoms with Crippen molar-refractivity contribution >= 4 is 45.4 Å². The van der Waals surface area contributed by atoms with E-state index in [4.69, 9.17) is 14.1 Å². The molecule has 1 N–H and O–H groups in total. The van der Waals surface area contributed by atoms with E-state index in [1.54, 1.807) is 4.57 Å². The van der Waals surface area contributed by atoms with Crippen molar-refractivity contribution in [2.24, 2.45) is 0 Å². The molecule has 2 aromatic heterocycles. The Morgan fingerprint density at radius 1 is 1.16 bits per heavy atom. The number of fused-ring (bicyclic) bond motifs is 3. The summed E-state index contributed by atoms with van der Waals surface area (Å²) in [4.78, 5) is 30.4. The number of hydrogen-bond acceptors (Lipinski definition) is 6. The maximum atomic E-state index is 13.3. The van der Waals surface area contributed by atoms with Crippen LogP contribution in [0.2, 0.25) is 0 Å². The highest BCUT2D eigenvalue weighted by atomic mass is 32.2. The monoisotopic (exact) mass is 451 g/mol. The molecule has 0 aliphatic rings. The molecule has 0 bridgehead atoms. The zero-order chi connectivity index (χ0) is 22.5. The van der Waals surface area contributed by atoms with Crippen LogP contribution in [0, 0.1) is 0 Å². The van der Waals surface area contributed by atoms with Gasteiger partial charge >= 0.3 is 0 Å². The molecule has 4 rings (SSSR count). The van der Waals surface area contributed by atoms with Gasteiger partial charge in [0.15, 0.2) is 5.16 Å². The number of benzene rings is 2. The molecule has 0 fully saturated rings. The number of hydrogen-bond donors (Lipinski definition) is 1. The van der Waals surface area contributed by atoms with Gasteiger partial charge < -0.3 is 14.5 Å². The standard InChI is InChI=1S/C24H25N3O4S/c1-16(2)30-14-8-13-27-23(29)22-21(18-11-6-7-12-19(18)31-22)26-24(27)32-15-20(28)25-17-9-4-3-5-10-17/h3-7,9-12,16H,8,13-15H2,1-2H3,(H,25,28). The van der Waals surface area contributed by atoms with Gasteiger partial charge in [-0.2, -0.15) is 0 Å². The van der Waals surface area contributed by atoms with Gasteiger partial charge in [0, 0.05) is 24.2 Å². The predicted molar refractivity (Wildman–Crippen MR) is 127 cm³/mol. The van der Waals surface area contributed by atoms with Crippen LogP contribution in [-0.2, 0) is 16.1 Å². The molecule has 0 saturated heterocycles. The summed E-state index contributed by atoms with van der Waals surface area (Å²) in [7, 11) is 0. The van der Waals surface area contributed by atoms with Crippen LogP contribution < -0.4 is 10.9 Å². The van der Waals surface area contributed by atoms with Gasteiger partial charge in [-0.1, -0.05) is 42.1 Å². The zero-order valence-corrected chi connectivity index (χ0v) is 18.9. The number of para-hydroxylation sites is 2. The quantitative estimate of drug-likeness (QED) is 0.226. The largest absolute Gasteiger partial charge is 0.448 e. The van der Waals surface area contributed by atoms with Crippen molar-refractivity contribution in [2.75, 3.05) is 17.7 Å². The van der Waals surface area contributed by atoms with Crippen LogP contribution in [0.4, 0.5) is 5.69 Å². The average Bonchev–Trinajstić information content (AvgIpc) is 3.16. The Kier molecular flexibility index (Phi) is 6.92. The molecule has 0 saturated carbocycles. The summed E-state index contributed by atoms with van der Waals surface area (Å²) in [5.74, 6) is -0.0345. The van der Waals surface area contributed by atoms with Gasteiger partial charge in [0.1, 0.15) is 11.1 Å². The van der Waals surface area contributed by atoms with Gasteiger partial charge in [-0.3, -0.25) is 14.2 Å². The molecule has 8 heteroatoms. The average molecular weight is 452 g/mol. The summed E-state index contributed by atoms with van der Waals surface area (Å²) in [5.41, 5.74) is 1.85. The molecule has 7 nitrogen and oxygen atoms in total. The van der Waals surface area contributed by atoms with Crippen LogP contribution >= 0.6 is 11.8 Å². The maximum Gasteiger partial charge on any atom is 0.297 e. The van der Waals surface area contributed by atoms with Gasteiger partial charge in [0.25, 0.3) is 5.56 Å². The molecule has 2 heterocycles. The third-order valence-electron chi connectivity index (χ3n) is 4.81. The molecule has 0 spiro atoms. The Morgan fingerprint density at radius 3 is 2.69 bits per heavy atom. The highest BCUT2D eigenvalue weighted by Crippen LogP contribution is 2.27. The van der Waals surface area contributed by atoms with Gasteiger partial charge in [0.2, 0.25) is 11.5 Å². The van der Waals surface area contributed by atoms with E-state index in [0.717, 1.165) is 11.1 Å². The lowest BCUT2D eigenvalue weighted by Gasteiger charge is -2.13. The number of ether oxygens (including phenoxy) is 1. The molecular weight excluding hydrogens is 426 g/mol. The van der Waals surface area contributed by atoms with E-state index in [2.05, 4.69) is 5.32 Å². The molecule has 0 aliphatic heterocycles. The lowest BCUT2D eigenvalue weighted by atomic mass is 10.2. The highest BCUT2D eigenvalue weighted by Gasteiger charge is 2.18. The van der Waals surface area contributed by atoms with Crippen LogP contribution in [0.3, 0.4) is 0 Å². The van der Waals surface area contributed by atoms with Gasteiger partial charge in [-0.15, -0.1) is 0 Å². The van der Waals surface area contributed by atoms with Crippen molar-refractivity contribution in [3.05, 3.63) is 65.0 Å². The third kappa shape index (κ3) is 5.03. The minimum atomic E-state index is -0.248. The fraction of sp³-hybridized carbons (Fsp3) is 0.292. The van der Waals surface area contributed by atoms with E-state index in [-0.39, 0.29) is 28.9 Å². The fourth-order valence-corrected chi connectivity index (χ4v) is 4.17. The van der Waals surface area contributed by atoms with Gasteiger partial charge in [-0.25, -0.2) is 4.98 Å². The number of carbonyl (C=O) groups excluding carboxylic acids is 1. The summed E-state index contributed by atoms with van der Waals surface area (Å²) < 4.78 is 13.0. The molecule has 0 radical (unpaired) electrons. The number of furan rings is 1. The van der Waals surface area contributed by atoms with E-state index in [1.165, 1.54) is 11.8 Å². The third-order valence-corrected chi connectivity index (χ3v) is 5.79. The molecular formula is C24H25N3O4S. The van der Waals surface area contributed by atoms with E-state index >= 15 is 0 Å². The van der Waals surface area contributed by atoms with Crippen molar-refractivity contribution in [1.29, 1.82) is 0 Å². The fourth-order valence-electron chi connectivity index (χ4n) is 3.35. The maximum absolute atomic E-state index is 13.3. The Hall–Kier alpha value is -3.10. The summed E-state index contributed by atoms with van der Waals surface area (Å²) in [6, 6.07) is 16.7. The summed E-state index contributed by atoms with van der Waals surface area (Å²) >= 11 is 1.24. The van der Waals surface area contributed by atoms with Crippen LogP contribution in [-0.4, -0.2) is 33.9 Å². The summed E-state index contributed by atoms with van der Waals surface area (Å²) in [6.45, 7) is 4.90. The van der Waals surface area contributed by atoms with E-state index < -0.39 is 0 Å². The van der Waals surface area contributed by atoms with Crippen LogP contribution in [0.15, 0.2) is 69.0 Å². The lowest BCUT2D eigenvalue weighted by molar-refractivity contribution is -0.113. The second kappa shape index (κ2) is 10.0. The number of anilines is 1. The second-order valence-corrected chi connectivity index (χ2v) is 8.55. The Bertz CT molecular complexity index is 1280. The first-order valence-corrected chi connectivity index (χ1v) is 11.5. The minimum Gasteiger partial charge on any atom is -0.448 e. The SMILES string of the molecule is CC(C)OCCCn1c(SCC(=O)Nc2ccccc2)nc2c(oc3ccccc32)c1=O. The van der Waals surface area contributed by atoms with Gasteiger partial charge in [-0.05, 0) is 44.5 Å². The lowest BCUT2D eigenvalue weighted by Crippen LogP contribution is -2.24. The van der Waals surface area contributed by atoms with Crippen molar-refractivity contribution in [2.45, 2.75) is 38.1 Å². The van der Waals surface area contributed by atoms with Crippen LogP contribution in [0.5, 0.6) is 0 Å². The molecule has 0 unspecified atom stereocenters. The topological polar surface area (TPSA) is 86.4 Å². The second-order valence-electron chi connectivity index (χ2n) is 7.60. The molecule has 4 aromatic rings. The molecule has 2 aromatic carbocycles. The molecule has 32 heavy (non-hydrogen) atoms. The normalized spacial score (nSPS) is 11.5. The summed E-state index contributed by atoms with van der Waals surface area (Å²) in [6.07, 6.45) is 0.771.